The summed E-state index contributed by atoms with van der Waals surface area (Å²) in [7, 11) is -4.15. The van der Waals surface area contributed by atoms with Gasteiger partial charge in [0.05, 0.1) is 4.90 Å². The lowest BCUT2D eigenvalue weighted by Gasteiger charge is -2.09. The van der Waals surface area contributed by atoms with Crippen molar-refractivity contribution in [1.29, 1.82) is 0 Å². The van der Waals surface area contributed by atoms with E-state index in [1.54, 1.807) is 6.07 Å². The van der Waals surface area contributed by atoms with Crippen molar-refractivity contribution in [1.82, 2.24) is 0 Å². The average molecular weight is 278 g/mol. The van der Waals surface area contributed by atoms with Gasteiger partial charge in [0, 0.05) is 0 Å². The zero-order valence-corrected chi connectivity index (χ0v) is 11.8. The second kappa shape index (κ2) is 5.72. The highest BCUT2D eigenvalue weighted by atomic mass is 32.2. The Kier molecular flexibility index (Phi) is 4.22. The third-order valence-corrected chi connectivity index (χ3v) is 4.10. The Balaban J connectivity index is 2.52. The predicted octanol–water partition coefficient (Wildman–Crippen LogP) is 3.82. The SMILES string of the molecule is CCCCCc1cc(S(=O)(=O)O)cc2ccccc12. The maximum atomic E-state index is 11.3. The zero-order chi connectivity index (χ0) is 13.9. The first kappa shape index (κ1) is 14.0. The first-order chi connectivity index (χ1) is 9.02. The Morgan fingerprint density at radius 2 is 1.84 bits per heavy atom. The third-order valence-electron chi connectivity index (χ3n) is 3.27. The average Bonchev–Trinajstić information content (AvgIpc) is 2.37. The molecule has 102 valence electrons. The number of fused-ring (bicyclic) bond motifs is 1. The standard InChI is InChI=1S/C15H18O3S/c1-2-3-4-7-12-10-14(19(16,17)18)11-13-8-5-6-9-15(12)13/h5-6,8-11H,2-4,7H2,1H3,(H,16,17,18). The van der Waals surface area contributed by atoms with E-state index in [2.05, 4.69) is 6.92 Å². The van der Waals surface area contributed by atoms with Crippen LogP contribution in [0.4, 0.5) is 0 Å². The second-order valence-corrected chi connectivity index (χ2v) is 6.16. The summed E-state index contributed by atoms with van der Waals surface area (Å²) in [5.74, 6) is 0. The molecular weight excluding hydrogens is 260 g/mol. The highest BCUT2D eigenvalue weighted by Gasteiger charge is 2.13. The first-order valence-corrected chi connectivity index (χ1v) is 7.95. The van der Waals surface area contributed by atoms with Gasteiger partial charge in [-0.15, -0.1) is 0 Å². The molecule has 0 saturated heterocycles. The lowest BCUT2D eigenvalue weighted by atomic mass is 10.00. The number of benzene rings is 2. The molecule has 0 heterocycles. The van der Waals surface area contributed by atoms with Crippen LogP contribution in [0.1, 0.15) is 31.7 Å². The normalized spacial score (nSPS) is 11.9. The minimum atomic E-state index is -4.15. The molecule has 0 amide bonds. The van der Waals surface area contributed by atoms with Crippen molar-refractivity contribution >= 4 is 20.9 Å². The van der Waals surface area contributed by atoms with Crippen molar-refractivity contribution in [2.45, 2.75) is 37.5 Å². The minimum Gasteiger partial charge on any atom is -0.282 e. The predicted molar refractivity (Wildman–Crippen MR) is 77.0 cm³/mol. The molecule has 0 saturated carbocycles. The molecule has 19 heavy (non-hydrogen) atoms. The van der Waals surface area contributed by atoms with E-state index in [-0.39, 0.29) is 4.90 Å². The number of rotatable bonds is 5. The number of unbranched alkanes of at least 4 members (excludes halogenated alkanes) is 2. The van der Waals surface area contributed by atoms with Crippen molar-refractivity contribution in [3.8, 4) is 0 Å². The molecule has 0 bridgehead atoms. The summed E-state index contributed by atoms with van der Waals surface area (Å²) in [6, 6.07) is 10.8. The Morgan fingerprint density at radius 1 is 1.11 bits per heavy atom. The summed E-state index contributed by atoms with van der Waals surface area (Å²) < 4.78 is 31.8. The monoisotopic (exact) mass is 278 g/mol. The summed E-state index contributed by atoms with van der Waals surface area (Å²) in [6.07, 6.45) is 4.09. The van der Waals surface area contributed by atoms with Gasteiger partial charge in [0.2, 0.25) is 0 Å². The molecule has 2 aromatic carbocycles. The van der Waals surface area contributed by atoms with Crippen LogP contribution in [0.3, 0.4) is 0 Å². The Hall–Kier alpha value is -1.39. The lowest BCUT2D eigenvalue weighted by molar-refractivity contribution is 0.483. The van der Waals surface area contributed by atoms with E-state index in [1.807, 2.05) is 24.3 Å². The van der Waals surface area contributed by atoms with Gasteiger partial charge in [0.25, 0.3) is 10.1 Å². The van der Waals surface area contributed by atoms with Gasteiger partial charge >= 0.3 is 0 Å². The fraction of sp³-hybridized carbons (Fsp3) is 0.333. The Labute approximate surface area is 114 Å². The quantitative estimate of drug-likeness (QED) is 0.668. The van der Waals surface area contributed by atoms with E-state index < -0.39 is 10.1 Å². The van der Waals surface area contributed by atoms with Crippen LogP contribution in [-0.4, -0.2) is 13.0 Å². The molecule has 2 aromatic rings. The molecule has 0 aliphatic heterocycles. The second-order valence-electron chi connectivity index (χ2n) is 4.74. The molecule has 3 nitrogen and oxygen atoms in total. The number of aryl methyl sites for hydroxylation is 1. The van der Waals surface area contributed by atoms with E-state index in [0.29, 0.717) is 0 Å². The van der Waals surface area contributed by atoms with E-state index in [9.17, 15) is 13.0 Å². The molecule has 0 aliphatic carbocycles. The minimum absolute atomic E-state index is 0.0160. The summed E-state index contributed by atoms with van der Waals surface area (Å²) in [5.41, 5.74) is 0.985. The molecule has 0 aromatic heterocycles. The Morgan fingerprint density at radius 3 is 2.53 bits per heavy atom. The van der Waals surface area contributed by atoms with Crippen LogP contribution in [0.25, 0.3) is 10.8 Å². The van der Waals surface area contributed by atoms with Crippen LogP contribution in [0, 0.1) is 0 Å². The molecule has 0 fully saturated rings. The van der Waals surface area contributed by atoms with Crippen molar-refractivity contribution in [3.05, 3.63) is 42.0 Å². The highest BCUT2D eigenvalue weighted by Crippen LogP contribution is 2.25. The largest absolute Gasteiger partial charge is 0.294 e. The molecular formula is C15H18O3S. The van der Waals surface area contributed by atoms with E-state index >= 15 is 0 Å². The van der Waals surface area contributed by atoms with Crippen LogP contribution in [0.15, 0.2) is 41.3 Å². The first-order valence-electron chi connectivity index (χ1n) is 6.51. The molecule has 0 atom stereocenters. The van der Waals surface area contributed by atoms with Gasteiger partial charge in [-0.1, -0.05) is 44.0 Å². The van der Waals surface area contributed by atoms with Gasteiger partial charge in [-0.05, 0) is 41.3 Å². The van der Waals surface area contributed by atoms with Gasteiger partial charge < -0.3 is 0 Å². The molecule has 0 unspecified atom stereocenters. The third kappa shape index (κ3) is 3.33. The topological polar surface area (TPSA) is 54.4 Å². The summed E-state index contributed by atoms with van der Waals surface area (Å²) >= 11 is 0. The smallest absolute Gasteiger partial charge is 0.282 e. The highest BCUT2D eigenvalue weighted by molar-refractivity contribution is 7.85. The van der Waals surface area contributed by atoms with Crippen LogP contribution in [0.5, 0.6) is 0 Å². The van der Waals surface area contributed by atoms with Gasteiger partial charge in [0.15, 0.2) is 0 Å². The van der Waals surface area contributed by atoms with E-state index in [1.165, 1.54) is 6.07 Å². The summed E-state index contributed by atoms with van der Waals surface area (Å²) in [4.78, 5) is -0.0160. The number of hydrogen-bond donors (Lipinski definition) is 1. The van der Waals surface area contributed by atoms with Crippen LogP contribution >= 0.6 is 0 Å². The van der Waals surface area contributed by atoms with Gasteiger partial charge in [0.1, 0.15) is 0 Å². The Bertz CT molecular complexity index is 675. The van der Waals surface area contributed by atoms with E-state index in [4.69, 9.17) is 0 Å². The molecule has 4 heteroatoms. The lowest BCUT2D eigenvalue weighted by Crippen LogP contribution is -2.00. The molecule has 0 aliphatic rings. The molecule has 1 N–H and O–H groups in total. The van der Waals surface area contributed by atoms with Crippen LogP contribution in [-0.2, 0) is 16.5 Å². The molecule has 0 radical (unpaired) electrons. The van der Waals surface area contributed by atoms with Crippen molar-refractivity contribution in [2.24, 2.45) is 0 Å². The van der Waals surface area contributed by atoms with Crippen molar-refractivity contribution < 1.29 is 13.0 Å². The molecule has 2 rings (SSSR count). The van der Waals surface area contributed by atoms with Crippen LogP contribution < -0.4 is 0 Å². The summed E-state index contributed by atoms with van der Waals surface area (Å²) in [6.45, 7) is 2.13. The summed E-state index contributed by atoms with van der Waals surface area (Å²) in [5, 5.41) is 1.91. The molecule has 0 spiro atoms. The van der Waals surface area contributed by atoms with Gasteiger partial charge in [-0.3, -0.25) is 4.55 Å². The fourth-order valence-corrected chi connectivity index (χ4v) is 2.85. The van der Waals surface area contributed by atoms with Gasteiger partial charge in [-0.25, -0.2) is 0 Å². The maximum Gasteiger partial charge on any atom is 0.294 e. The number of hydrogen-bond acceptors (Lipinski definition) is 2. The zero-order valence-electron chi connectivity index (χ0n) is 11.0. The van der Waals surface area contributed by atoms with E-state index in [0.717, 1.165) is 42.0 Å². The van der Waals surface area contributed by atoms with Crippen molar-refractivity contribution in [3.63, 3.8) is 0 Å². The maximum absolute atomic E-state index is 11.3. The van der Waals surface area contributed by atoms with Crippen LogP contribution in [0.2, 0.25) is 0 Å². The fourth-order valence-electron chi connectivity index (χ4n) is 2.28. The van der Waals surface area contributed by atoms with Crippen molar-refractivity contribution in [2.75, 3.05) is 0 Å². The van der Waals surface area contributed by atoms with Gasteiger partial charge in [-0.2, -0.15) is 8.42 Å².